The average Bonchev–Trinajstić information content (AvgIpc) is 3.30. The Kier molecular flexibility index (Phi) is 6.59. The van der Waals surface area contributed by atoms with E-state index in [0.29, 0.717) is 5.95 Å². The van der Waals surface area contributed by atoms with Gasteiger partial charge in [-0.05, 0) is 36.4 Å². The first kappa shape index (κ1) is 20.9. The van der Waals surface area contributed by atoms with Crippen LogP contribution >= 0.6 is 12.4 Å². The molecule has 3 N–H and O–H groups in total. The second-order valence-corrected chi connectivity index (χ2v) is 7.33. The van der Waals surface area contributed by atoms with Gasteiger partial charge < -0.3 is 20.5 Å². The van der Waals surface area contributed by atoms with Crippen molar-refractivity contribution >= 4 is 46.7 Å². The van der Waals surface area contributed by atoms with Crippen LogP contribution in [-0.2, 0) is 11.2 Å². The summed E-state index contributed by atoms with van der Waals surface area (Å²) in [6.45, 7) is 5.36. The lowest BCUT2D eigenvalue weighted by Crippen LogP contribution is -2.35. The molecule has 1 atom stereocenters. The van der Waals surface area contributed by atoms with E-state index in [1.165, 1.54) is 5.39 Å². The van der Waals surface area contributed by atoms with Gasteiger partial charge in [-0.1, -0.05) is 19.4 Å². The topological polar surface area (TPSA) is 85.9 Å². The van der Waals surface area contributed by atoms with Crippen LogP contribution in [0.2, 0.25) is 0 Å². The summed E-state index contributed by atoms with van der Waals surface area (Å²) >= 11 is 0. The van der Waals surface area contributed by atoms with E-state index < -0.39 is 0 Å². The van der Waals surface area contributed by atoms with Crippen LogP contribution in [0.4, 0.5) is 17.5 Å². The predicted molar refractivity (Wildman–Crippen MR) is 119 cm³/mol. The lowest BCUT2D eigenvalue weighted by molar-refractivity contribution is -0.119. The summed E-state index contributed by atoms with van der Waals surface area (Å²) in [6.07, 6.45) is 4.80. The SMILES string of the molecule is CCCc1cc(N2CC[C@H](NC(C)=O)C2)nc(Nc2ccc3cc[nH]c3c2)n1.Cl. The number of aromatic amines is 1. The van der Waals surface area contributed by atoms with E-state index in [1.54, 1.807) is 6.92 Å². The Morgan fingerprint density at radius 1 is 1.28 bits per heavy atom. The number of nitrogens with one attached hydrogen (secondary N) is 3. The molecule has 2 aromatic heterocycles. The van der Waals surface area contributed by atoms with Crippen LogP contribution in [0.1, 0.15) is 32.4 Å². The van der Waals surface area contributed by atoms with Crippen LogP contribution in [0.5, 0.6) is 0 Å². The number of carbonyl (C=O) groups excluding carboxylic acids is 1. The number of rotatable bonds is 6. The Labute approximate surface area is 176 Å². The number of halogens is 1. The first-order valence-corrected chi connectivity index (χ1v) is 9.85. The summed E-state index contributed by atoms with van der Waals surface area (Å²) in [5.74, 6) is 1.54. The molecular weight excluding hydrogens is 388 g/mol. The molecule has 0 spiro atoms. The number of aryl methyl sites for hydroxylation is 1. The van der Waals surface area contributed by atoms with Gasteiger partial charge in [0, 0.05) is 55.2 Å². The number of fused-ring (bicyclic) bond motifs is 1. The van der Waals surface area contributed by atoms with Crippen molar-refractivity contribution in [1.82, 2.24) is 20.3 Å². The number of hydrogen-bond acceptors (Lipinski definition) is 5. The second kappa shape index (κ2) is 9.13. The molecule has 1 saturated heterocycles. The first-order chi connectivity index (χ1) is 13.6. The van der Waals surface area contributed by atoms with Gasteiger partial charge in [-0.25, -0.2) is 4.98 Å². The van der Waals surface area contributed by atoms with E-state index in [2.05, 4.69) is 51.7 Å². The summed E-state index contributed by atoms with van der Waals surface area (Å²) in [5, 5.41) is 7.53. The van der Waals surface area contributed by atoms with Crippen LogP contribution in [-0.4, -0.2) is 40.0 Å². The third kappa shape index (κ3) is 4.98. The van der Waals surface area contributed by atoms with Crippen molar-refractivity contribution in [3.05, 3.63) is 42.2 Å². The fourth-order valence-corrected chi connectivity index (χ4v) is 3.71. The number of aromatic nitrogens is 3. The number of benzene rings is 1. The number of hydrogen-bond donors (Lipinski definition) is 3. The van der Waals surface area contributed by atoms with E-state index in [0.717, 1.165) is 55.1 Å². The van der Waals surface area contributed by atoms with E-state index in [9.17, 15) is 4.79 Å². The van der Waals surface area contributed by atoms with Gasteiger partial charge in [0.15, 0.2) is 0 Å². The Morgan fingerprint density at radius 2 is 2.14 bits per heavy atom. The quantitative estimate of drug-likeness (QED) is 0.571. The summed E-state index contributed by atoms with van der Waals surface area (Å²) in [4.78, 5) is 26.2. The molecule has 154 valence electrons. The molecule has 1 aliphatic heterocycles. The van der Waals surface area contributed by atoms with E-state index >= 15 is 0 Å². The largest absolute Gasteiger partial charge is 0.361 e. The molecule has 0 radical (unpaired) electrons. The van der Waals surface area contributed by atoms with Crippen molar-refractivity contribution in [2.24, 2.45) is 0 Å². The normalized spacial score (nSPS) is 15.9. The number of nitrogens with zero attached hydrogens (tertiary/aromatic N) is 3. The second-order valence-electron chi connectivity index (χ2n) is 7.33. The van der Waals surface area contributed by atoms with Gasteiger partial charge in [0.2, 0.25) is 11.9 Å². The monoisotopic (exact) mass is 414 g/mol. The number of anilines is 3. The van der Waals surface area contributed by atoms with Gasteiger partial charge in [0.25, 0.3) is 0 Å². The standard InChI is InChI=1S/C21H26N6O.ClH/c1-3-4-16-12-20(27-10-8-18(13-27)23-14(2)28)26-21(24-16)25-17-6-5-15-7-9-22-19(15)11-17;/h5-7,9,11-12,18,22H,3-4,8,10,13H2,1-2H3,(H,23,28)(H,24,25,26);1H/t18-;/m0./s1. The molecule has 4 rings (SSSR count). The van der Waals surface area contributed by atoms with Crippen LogP contribution in [0.15, 0.2) is 36.5 Å². The van der Waals surface area contributed by atoms with E-state index in [-0.39, 0.29) is 24.4 Å². The minimum atomic E-state index is 0. The maximum absolute atomic E-state index is 11.3. The van der Waals surface area contributed by atoms with E-state index in [4.69, 9.17) is 9.97 Å². The van der Waals surface area contributed by atoms with Crippen molar-refractivity contribution in [2.75, 3.05) is 23.3 Å². The summed E-state index contributed by atoms with van der Waals surface area (Å²) in [7, 11) is 0. The zero-order chi connectivity index (χ0) is 19.5. The highest BCUT2D eigenvalue weighted by atomic mass is 35.5. The molecular formula is C21H27ClN6O. The van der Waals surface area contributed by atoms with Gasteiger partial charge in [-0.3, -0.25) is 4.79 Å². The molecule has 0 saturated carbocycles. The summed E-state index contributed by atoms with van der Waals surface area (Å²) in [6, 6.07) is 10.5. The Hall–Kier alpha value is -2.80. The maximum atomic E-state index is 11.3. The molecule has 0 aliphatic carbocycles. The van der Waals surface area contributed by atoms with Gasteiger partial charge >= 0.3 is 0 Å². The Morgan fingerprint density at radius 3 is 2.93 bits per heavy atom. The van der Waals surface area contributed by atoms with Crippen LogP contribution in [0.3, 0.4) is 0 Å². The average molecular weight is 415 g/mol. The molecule has 0 unspecified atom stereocenters. The van der Waals surface area contributed by atoms with Crippen molar-refractivity contribution in [3.63, 3.8) is 0 Å². The molecule has 1 aliphatic rings. The van der Waals surface area contributed by atoms with Crippen LogP contribution in [0, 0.1) is 0 Å². The molecule has 1 aromatic carbocycles. The lowest BCUT2D eigenvalue weighted by atomic mass is 10.2. The number of amides is 1. The van der Waals surface area contributed by atoms with Crippen molar-refractivity contribution in [3.8, 4) is 0 Å². The minimum absolute atomic E-state index is 0. The highest BCUT2D eigenvalue weighted by Crippen LogP contribution is 2.24. The molecule has 1 amide bonds. The highest BCUT2D eigenvalue weighted by molar-refractivity contribution is 5.85. The molecule has 29 heavy (non-hydrogen) atoms. The van der Waals surface area contributed by atoms with Crippen LogP contribution < -0.4 is 15.5 Å². The fraction of sp³-hybridized carbons (Fsp3) is 0.381. The van der Waals surface area contributed by atoms with Gasteiger partial charge in [-0.15, -0.1) is 12.4 Å². The maximum Gasteiger partial charge on any atom is 0.229 e. The van der Waals surface area contributed by atoms with Crippen molar-refractivity contribution < 1.29 is 4.79 Å². The zero-order valence-electron chi connectivity index (χ0n) is 16.7. The van der Waals surface area contributed by atoms with Crippen molar-refractivity contribution in [2.45, 2.75) is 39.2 Å². The van der Waals surface area contributed by atoms with Crippen LogP contribution in [0.25, 0.3) is 10.9 Å². The third-order valence-corrected chi connectivity index (χ3v) is 5.00. The minimum Gasteiger partial charge on any atom is -0.361 e. The number of carbonyl (C=O) groups is 1. The smallest absolute Gasteiger partial charge is 0.229 e. The predicted octanol–water partition coefficient (Wildman–Crippen LogP) is 3.79. The first-order valence-electron chi connectivity index (χ1n) is 9.85. The molecule has 8 heteroatoms. The van der Waals surface area contributed by atoms with Gasteiger partial charge in [0.1, 0.15) is 5.82 Å². The van der Waals surface area contributed by atoms with Crippen molar-refractivity contribution in [1.29, 1.82) is 0 Å². The molecule has 3 heterocycles. The Balaban J connectivity index is 0.00000240. The summed E-state index contributed by atoms with van der Waals surface area (Å²) < 4.78 is 0. The summed E-state index contributed by atoms with van der Waals surface area (Å²) in [5.41, 5.74) is 3.05. The van der Waals surface area contributed by atoms with Gasteiger partial charge in [0.05, 0.1) is 0 Å². The lowest BCUT2D eigenvalue weighted by Gasteiger charge is -2.19. The zero-order valence-corrected chi connectivity index (χ0v) is 17.6. The number of H-pyrrole nitrogens is 1. The molecule has 0 bridgehead atoms. The fourth-order valence-electron chi connectivity index (χ4n) is 3.71. The molecule has 3 aromatic rings. The Bertz CT molecular complexity index is 988. The highest BCUT2D eigenvalue weighted by Gasteiger charge is 2.24. The van der Waals surface area contributed by atoms with Gasteiger partial charge in [-0.2, -0.15) is 4.98 Å². The van der Waals surface area contributed by atoms with E-state index in [1.807, 2.05) is 12.3 Å². The molecule has 1 fully saturated rings. The third-order valence-electron chi connectivity index (χ3n) is 5.00. The molecule has 7 nitrogen and oxygen atoms in total.